The van der Waals surface area contributed by atoms with Gasteiger partial charge in [-0.1, -0.05) is 127 Å². The fraction of sp³-hybridized carbons (Fsp3) is 0. The maximum atomic E-state index is 5.11. The number of benzene rings is 8. The number of para-hydroxylation sites is 3. The lowest BCUT2D eigenvalue weighted by Gasteiger charge is -2.18. The molecule has 0 N–H and O–H groups in total. The summed E-state index contributed by atoms with van der Waals surface area (Å²) in [5.41, 5.74) is 11.1. The van der Waals surface area contributed by atoms with E-state index in [1.54, 1.807) is 0 Å². The van der Waals surface area contributed by atoms with E-state index in [2.05, 4.69) is 167 Å². The summed E-state index contributed by atoms with van der Waals surface area (Å²) in [6.07, 6.45) is 1.85. The van der Waals surface area contributed by atoms with Crippen molar-refractivity contribution in [3.63, 3.8) is 0 Å². The normalized spacial score (nSPS) is 11.7. The van der Waals surface area contributed by atoms with Crippen LogP contribution in [0.2, 0.25) is 0 Å². The average molecular weight is 624 g/mol. The lowest BCUT2D eigenvalue weighted by molar-refractivity contribution is 1.10. The molecule has 10 rings (SSSR count). The molecule has 49 heavy (non-hydrogen) atoms. The monoisotopic (exact) mass is 623 g/mol. The number of imidazole rings is 1. The third kappa shape index (κ3) is 4.44. The van der Waals surface area contributed by atoms with Crippen LogP contribution in [0, 0.1) is 0 Å². The summed E-state index contributed by atoms with van der Waals surface area (Å²) in [5.74, 6) is 0.933. The second-order valence-electron chi connectivity index (χ2n) is 12.6. The Morgan fingerprint density at radius 2 is 1.04 bits per heavy atom. The van der Waals surface area contributed by atoms with Gasteiger partial charge in [0.25, 0.3) is 0 Å². The van der Waals surface area contributed by atoms with Crippen LogP contribution in [0.3, 0.4) is 0 Å². The van der Waals surface area contributed by atoms with Crippen molar-refractivity contribution < 1.29 is 0 Å². The number of aromatic nitrogens is 3. The van der Waals surface area contributed by atoms with E-state index in [4.69, 9.17) is 4.98 Å². The lowest BCUT2D eigenvalue weighted by atomic mass is 9.85. The molecule has 0 unspecified atom stereocenters. The number of rotatable bonds is 5. The van der Waals surface area contributed by atoms with Gasteiger partial charge in [0, 0.05) is 23.0 Å². The maximum absolute atomic E-state index is 5.11. The Hall–Kier alpha value is -6.58. The molecule has 228 valence electrons. The summed E-state index contributed by atoms with van der Waals surface area (Å²) in [6, 6.07) is 60.8. The van der Waals surface area contributed by atoms with Crippen molar-refractivity contribution in [1.29, 1.82) is 0 Å². The zero-order valence-electron chi connectivity index (χ0n) is 26.6. The first-order valence-corrected chi connectivity index (χ1v) is 16.7. The van der Waals surface area contributed by atoms with E-state index in [1.165, 1.54) is 54.6 Å². The highest BCUT2D eigenvalue weighted by molar-refractivity contribution is 6.28. The fourth-order valence-corrected chi connectivity index (χ4v) is 7.52. The molecular weight excluding hydrogens is 595 g/mol. The van der Waals surface area contributed by atoms with Gasteiger partial charge in [-0.25, -0.2) is 4.98 Å². The molecule has 0 aliphatic rings. The first-order chi connectivity index (χ1) is 24.3. The molecule has 0 saturated heterocycles. The second kappa shape index (κ2) is 11.0. The van der Waals surface area contributed by atoms with Gasteiger partial charge in [0.1, 0.15) is 5.82 Å². The van der Waals surface area contributed by atoms with Crippen molar-refractivity contribution in [2.45, 2.75) is 0 Å². The Morgan fingerprint density at radius 3 is 1.71 bits per heavy atom. The van der Waals surface area contributed by atoms with Crippen molar-refractivity contribution in [3.8, 4) is 50.6 Å². The van der Waals surface area contributed by atoms with Gasteiger partial charge in [0.15, 0.2) is 0 Å². The van der Waals surface area contributed by atoms with Crippen molar-refractivity contribution >= 4 is 43.4 Å². The largest absolute Gasteiger partial charge is 0.292 e. The van der Waals surface area contributed by atoms with Crippen LogP contribution in [-0.4, -0.2) is 14.5 Å². The zero-order chi connectivity index (χ0) is 32.3. The van der Waals surface area contributed by atoms with Crippen LogP contribution in [-0.2, 0) is 0 Å². The van der Waals surface area contributed by atoms with Gasteiger partial charge >= 0.3 is 0 Å². The zero-order valence-corrected chi connectivity index (χ0v) is 26.6. The van der Waals surface area contributed by atoms with Crippen LogP contribution in [0.1, 0.15) is 0 Å². The predicted octanol–water partition coefficient (Wildman–Crippen LogP) is 12.0. The van der Waals surface area contributed by atoms with Gasteiger partial charge in [-0.05, 0) is 97.0 Å². The molecule has 0 aliphatic carbocycles. The molecule has 0 radical (unpaired) electrons. The third-order valence-electron chi connectivity index (χ3n) is 9.83. The summed E-state index contributed by atoms with van der Waals surface area (Å²) in [5, 5.41) is 7.68. The van der Waals surface area contributed by atoms with Crippen LogP contribution in [0.25, 0.3) is 93.9 Å². The molecule has 0 atom stereocenters. The first kappa shape index (κ1) is 27.5. The van der Waals surface area contributed by atoms with E-state index in [-0.39, 0.29) is 0 Å². The Labute approximate surface area is 283 Å². The van der Waals surface area contributed by atoms with E-state index < -0.39 is 0 Å². The van der Waals surface area contributed by atoms with Crippen molar-refractivity contribution in [3.05, 3.63) is 176 Å². The van der Waals surface area contributed by atoms with Gasteiger partial charge in [0.05, 0.1) is 16.7 Å². The molecule has 0 saturated carbocycles. The third-order valence-corrected chi connectivity index (χ3v) is 9.83. The highest BCUT2D eigenvalue weighted by Crippen LogP contribution is 2.44. The highest BCUT2D eigenvalue weighted by Gasteiger charge is 2.18. The topological polar surface area (TPSA) is 30.7 Å². The Balaban J connectivity index is 1.16. The van der Waals surface area contributed by atoms with E-state index in [9.17, 15) is 0 Å². The lowest BCUT2D eigenvalue weighted by Crippen LogP contribution is -1.97. The van der Waals surface area contributed by atoms with E-state index in [0.29, 0.717) is 0 Å². The predicted molar refractivity (Wildman–Crippen MR) is 204 cm³/mol. The Bertz CT molecular complexity index is 2760. The summed E-state index contributed by atoms with van der Waals surface area (Å²) in [6.45, 7) is 0. The minimum absolute atomic E-state index is 0.933. The van der Waals surface area contributed by atoms with Crippen LogP contribution in [0.5, 0.6) is 0 Å². The number of pyridine rings is 1. The van der Waals surface area contributed by atoms with Crippen LogP contribution in [0.4, 0.5) is 0 Å². The molecule has 3 nitrogen and oxygen atoms in total. The first-order valence-electron chi connectivity index (χ1n) is 16.7. The average Bonchev–Trinajstić information content (AvgIpc) is 3.57. The van der Waals surface area contributed by atoms with E-state index in [0.717, 1.165) is 39.4 Å². The van der Waals surface area contributed by atoms with Crippen molar-refractivity contribution in [1.82, 2.24) is 14.5 Å². The maximum Gasteiger partial charge on any atom is 0.145 e. The minimum Gasteiger partial charge on any atom is -0.292 e. The van der Waals surface area contributed by atoms with Crippen LogP contribution >= 0.6 is 0 Å². The summed E-state index contributed by atoms with van der Waals surface area (Å²) in [4.78, 5) is 9.68. The molecule has 0 amide bonds. The quantitative estimate of drug-likeness (QED) is 0.179. The summed E-state index contributed by atoms with van der Waals surface area (Å²) >= 11 is 0. The molecule has 0 fully saturated rings. The van der Waals surface area contributed by atoms with Gasteiger partial charge < -0.3 is 0 Å². The second-order valence-corrected chi connectivity index (χ2v) is 12.6. The smallest absolute Gasteiger partial charge is 0.145 e. The molecule has 0 spiro atoms. The van der Waals surface area contributed by atoms with E-state index >= 15 is 0 Å². The van der Waals surface area contributed by atoms with Gasteiger partial charge in [-0.2, -0.15) is 0 Å². The fourth-order valence-electron chi connectivity index (χ4n) is 7.52. The van der Waals surface area contributed by atoms with E-state index in [1.807, 2.05) is 18.3 Å². The molecule has 2 aromatic heterocycles. The highest BCUT2D eigenvalue weighted by atomic mass is 15.1. The van der Waals surface area contributed by atoms with Gasteiger partial charge in [-0.15, -0.1) is 0 Å². The van der Waals surface area contributed by atoms with Gasteiger partial charge in [0.2, 0.25) is 0 Å². The molecule has 10 aromatic rings. The SMILES string of the molecule is c1ccc(-n2c(-c3ccc(-c4cc(-c5ccc(-c6ccccn6)cc5)c5ccc6cccc7ccc4c5c67)cc3)nc3ccccc32)cc1. The molecule has 2 heterocycles. The van der Waals surface area contributed by atoms with Crippen LogP contribution < -0.4 is 0 Å². The Kier molecular flexibility index (Phi) is 6.18. The molecule has 3 heteroatoms. The van der Waals surface area contributed by atoms with Gasteiger partial charge in [-0.3, -0.25) is 9.55 Å². The molecule has 0 bridgehead atoms. The number of hydrogen-bond donors (Lipinski definition) is 0. The van der Waals surface area contributed by atoms with Crippen LogP contribution in [0.15, 0.2) is 176 Å². The number of nitrogens with zero attached hydrogens (tertiary/aromatic N) is 3. The molecule has 8 aromatic carbocycles. The molecular formula is C46H29N3. The standard InChI is InChI=1S/C46H29N3/c1-2-11-36(12-3-1)49-43-15-5-4-14-42(43)48-46(49)35-22-18-31(19-23-35)40-29-39(30-16-20-32(21-17-30)41-13-6-7-28-47-41)37-26-24-33-9-8-10-34-25-27-38(40)45(37)44(33)34/h1-29H. The molecule has 0 aliphatic heterocycles. The van der Waals surface area contributed by atoms with Crippen molar-refractivity contribution in [2.24, 2.45) is 0 Å². The Morgan fingerprint density at radius 1 is 0.429 bits per heavy atom. The number of fused-ring (bicyclic) bond motifs is 1. The summed E-state index contributed by atoms with van der Waals surface area (Å²) in [7, 11) is 0. The number of hydrogen-bond acceptors (Lipinski definition) is 2. The summed E-state index contributed by atoms with van der Waals surface area (Å²) < 4.78 is 2.26. The minimum atomic E-state index is 0.933. The van der Waals surface area contributed by atoms with Crippen molar-refractivity contribution in [2.75, 3.05) is 0 Å².